The molecular weight excluding hydrogens is 227 g/mol. The molecule has 77 valence electrons. The molecule has 0 fully saturated rings. The Labute approximate surface area is 92.7 Å². The monoisotopic (exact) mass is 237 g/mol. The summed E-state index contributed by atoms with van der Waals surface area (Å²) in [6, 6.07) is 0. The molecule has 1 N–H and O–H groups in total. The number of carbonyl (C=O) groups excluding carboxylic acids is 3. The van der Waals surface area contributed by atoms with Gasteiger partial charge in [0.25, 0.3) is 0 Å². The molecule has 6 heteroatoms. The summed E-state index contributed by atoms with van der Waals surface area (Å²) >= 11 is 0. The van der Waals surface area contributed by atoms with Crippen molar-refractivity contribution in [3.05, 3.63) is 0 Å². The average molecular weight is 237 g/mol. The Hall–Kier alpha value is -0.936. The first-order chi connectivity index (χ1) is 5.77. The third-order valence-electron chi connectivity index (χ3n) is 1.91. The van der Waals surface area contributed by atoms with E-state index in [-0.39, 0.29) is 18.6 Å². The maximum atomic E-state index is 11.0. The van der Waals surface area contributed by atoms with E-state index in [4.69, 9.17) is 5.11 Å². The standard InChI is InChI=1S/C8H10O5.V/c1-4(9)8(5(2)10,6(3)11)7(12)13;/h1-3H3,(H,12,13);. The molecule has 0 saturated carbocycles. The first kappa shape index (κ1) is 15.5. The van der Waals surface area contributed by atoms with E-state index in [9.17, 15) is 19.2 Å². The molecular formula is C8H10O5V. The summed E-state index contributed by atoms with van der Waals surface area (Å²) in [5, 5.41) is 8.67. The zero-order valence-electron chi connectivity index (χ0n) is 8.03. The second kappa shape index (κ2) is 5.07. The molecule has 0 unspecified atom stereocenters. The van der Waals surface area contributed by atoms with Crippen LogP contribution < -0.4 is 0 Å². The summed E-state index contributed by atoms with van der Waals surface area (Å²) in [6.45, 7) is 2.74. The number of rotatable bonds is 4. The number of hydrogen-bond donors (Lipinski definition) is 1. The van der Waals surface area contributed by atoms with Crippen LogP contribution in [0.15, 0.2) is 0 Å². The molecule has 0 amide bonds. The number of Topliss-reactive ketones (excluding diaryl/α,β-unsaturated/α-hetero) is 3. The van der Waals surface area contributed by atoms with E-state index in [1.165, 1.54) is 0 Å². The van der Waals surface area contributed by atoms with Crippen LogP contribution in [0.4, 0.5) is 0 Å². The van der Waals surface area contributed by atoms with Gasteiger partial charge in [-0.3, -0.25) is 19.2 Å². The minimum atomic E-state index is -2.50. The van der Waals surface area contributed by atoms with Crippen molar-refractivity contribution in [2.24, 2.45) is 5.41 Å². The van der Waals surface area contributed by atoms with Crippen molar-refractivity contribution in [3.8, 4) is 0 Å². The summed E-state index contributed by atoms with van der Waals surface area (Å²) in [6.07, 6.45) is 0. The van der Waals surface area contributed by atoms with E-state index >= 15 is 0 Å². The van der Waals surface area contributed by atoms with Gasteiger partial charge >= 0.3 is 5.97 Å². The van der Waals surface area contributed by atoms with E-state index in [1.54, 1.807) is 0 Å². The van der Waals surface area contributed by atoms with E-state index in [1.807, 2.05) is 0 Å². The van der Waals surface area contributed by atoms with Gasteiger partial charge in [0.15, 0.2) is 17.3 Å². The number of hydrogen-bond acceptors (Lipinski definition) is 4. The Morgan fingerprint density at radius 2 is 1.07 bits per heavy atom. The van der Waals surface area contributed by atoms with E-state index < -0.39 is 28.7 Å². The van der Waals surface area contributed by atoms with Crippen LogP contribution in [-0.2, 0) is 37.7 Å². The Morgan fingerprint density at radius 1 is 0.857 bits per heavy atom. The number of ketones is 3. The average Bonchev–Trinajstić information content (AvgIpc) is 1.82. The van der Waals surface area contributed by atoms with Gasteiger partial charge in [0.05, 0.1) is 0 Å². The molecule has 0 aliphatic carbocycles. The number of carbonyl (C=O) groups is 4. The van der Waals surface area contributed by atoms with Crippen LogP contribution in [0.1, 0.15) is 20.8 Å². The van der Waals surface area contributed by atoms with Crippen molar-refractivity contribution in [1.82, 2.24) is 0 Å². The third kappa shape index (κ3) is 2.11. The molecule has 1 radical (unpaired) electrons. The fourth-order valence-corrected chi connectivity index (χ4v) is 1.20. The Bertz CT molecular complexity index is 233. The molecule has 0 spiro atoms. The molecule has 0 aromatic heterocycles. The van der Waals surface area contributed by atoms with E-state index in [2.05, 4.69) is 0 Å². The number of carboxylic acids is 1. The molecule has 0 bridgehead atoms. The topological polar surface area (TPSA) is 88.5 Å². The van der Waals surface area contributed by atoms with Gasteiger partial charge in [0, 0.05) is 18.6 Å². The fraction of sp³-hybridized carbons (Fsp3) is 0.500. The molecule has 0 saturated heterocycles. The smallest absolute Gasteiger partial charge is 0.332 e. The molecule has 0 aromatic carbocycles. The van der Waals surface area contributed by atoms with E-state index in [0.29, 0.717) is 0 Å². The van der Waals surface area contributed by atoms with Gasteiger partial charge < -0.3 is 5.11 Å². The van der Waals surface area contributed by atoms with Crippen molar-refractivity contribution in [3.63, 3.8) is 0 Å². The molecule has 0 rings (SSSR count). The normalized spacial score (nSPS) is 9.93. The first-order valence-electron chi connectivity index (χ1n) is 3.54. The van der Waals surface area contributed by atoms with Crippen molar-refractivity contribution < 1.29 is 42.8 Å². The van der Waals surface area contributed by atoms with Crippen LogP contribution in [0.2, 0.25) is 0 Å². The predicted molar refractivity (Wildman–Crippen MR) is 42.1 cm³/mol. The minimum Gasteiger partial charge on any atom is -0.480 e. The molecule has 0 atom stereocenters. The Kier molecular flexibility index (Phi) is 5.63. The molecule has 5 nitrogen and oxygen atoms in total. The first-order valence-corrected chi connectivity index (χ1v) is 3.54. The summed E-state index contributed by atoms with van der Waals surface area (Å²) in [5.74, 6) is -4.58. The summed E-state index contributed by atoms with van der Waals surface area (Å²) in [4.78, 5) is 43.6. The number of carboxylic acid groups (broad SMARTS) is 1. The van der Waals surface area contributed by atoms with Crippen molar-refractivity contribution in [1.29, 1.82) is 0 Å². The zero-order valence-corrected chi connectivity index (χ0v) is 9.42. The van der Waals surface area contributed by atoms with Crippen LogP contribution in [-0.4, -0.2) is 28.4 Å². The maximum absolute atomic E-state index is 11.0. The fourth-order valence-electron chi connectivity index (χ4n) is 1.20. The SMILES string of the molecule is CC(=O)C(C(C)=O)(C(C)=O)C(=O)O.[V]. The summed E-state index contributed by atoms with van der Waals surface area (Å²) in [7, 11) is 0. The van der Waals surface area contributed by atoms with Crippen molar-refractivity contribution >= 4 is 23.3 Å². The molecule has 0 aliphatic heterocycles. The minimum absolute atomic E-state index is 0. The molecule has 0 aromatic rings. The Balaban J connectivity index is 0. The van der Waals surface area contributed by atoms with Crippen LogP contribution >= 0.6 is 0 Å². The van der Waals surface area contributed by atoms with Crippen molar-refractivity contribution in [2.45, 2.75) is 20.8 Å². The van der Waals surface area contributed by atoms with Crippen LogP contribution in [0.3, 0.4) is 0 Å². The van der Waals surface area contributed by atoms with Gasteiger partial charge in [-0.15, -0.1) is 0 Å². The van der Waals surface area contributed by atoms with Gasteiger partial charge in [0.2, 0.25) is 5.41 Å². The van der Waals surface area contributed by atoms with Gasteiger partial charge in [-0.1, -0.05) is 0 Å². The summed E-state index contributed by atoms with van der Waals surface area (Å²) in [5.41, 5.74) is -2.50. The Morgan fingerprint density at radius 3 is 1.07 bits per heavy atom. The largest absolute Gasteiger partial charge is 0.480 e. The molecule has 14 heavy (non-hydrogen) atoms. The number of aliphatic carboxylic acids is 1. The zero-order chi connectivity index (χ0) is 10.8. The molecule has 0 heterocycles. The predicted octanol–water partition coefficient (Wildman–Crippen LogP) is -0.178. The van der Waals surface area contributed by atoms with Gasteiger partial charge in [-0.05, 0) is 20.8 Å². The quantitative estimate of drug-likeness (QED) is 0.685. The maximum Gasteiger partial charge on any atom is 0.332 e. The summed E-state index contributed by atoms with van der Waals surface area (Å²) < 4.78 is 0. The van der Waals surface area contributed by atoms with Crippen molar-refractivity contribution in [2.75, 3.05) is 0 Å². The van der Waals surface area contributed by atoms with Crippen LogP contribution in [0.5, 0.6) is 0 Å². The van der Waals surface area contributed by atoms with Crippen LogP contribution in [0.25, 0.3) is 0 Å². The third-order valence-corrected chi connectivity index (χ3v) is 1.91. The van der Waals surface area contributed by atoms with Crippen LogP contribution in [0, 0.1) is 5.41 Å². The van der Waals surface area contributed by atoms with Gasteiger partial charge in [0.1, 0.15) is 0 Å². The van der Waals surface area contributed by atoms with Gasteiger partial charge in [-0.25, -0.2) is 0 Å². The van der Waals surface area contributed by atoms with Gasteiger partial charge in [-0.2, -0.15) is 0 Å². The second-order valence-corrected chi connectivity index (χ2v) is 2.72. The second-order valence-electron chi connectivity index (χ2n) is 2.72. The molecule has 0 aliphatic rings. The van der Waals surface area contributed by atoms with E-state index in [0.717, 1.165) is 20.8 Å².